The number of nitrogens with one attached hydrogen (secondary N) is 1. The molecule has 0 saturated heterocycles. The van der Waals surface area contributed by atoms with Crippen LogP contribution in [0.1, 0.15) is 18.1 Å². The summed E-state index contributed by atoms with van der Waals surface area (Å²) in [6.07, 6.45) is 0.686. The zero-order valence-electron chi connectivity index (χ0n) is 13.9. The second kappa shape index (κ2) is 5.49. The van der Waals surface area contributed by atoms with Gasteiger partial charge in [0.2, 0.25) is 0 Å². The molecule has 0 unspecified atom stereocenters. The van der Waals surface area contributed by atoms with Crippen molar-refractivity contribution in [1.29, 1.82) is 0 Å². The van der Waals surface area contributed by atoms with Gasteiger partial charge in [-0.15, -0.1) is 0 Å². The van der Waals surface area contributed by atoms with Crippen LogP contribution in [0.3, 0.4) is 0 Å². The third-order valence-corrected chi connectivity index (χ3v) is 6.66. The van der Waals surface area contributed by atoms with E-state index in [9.17, 15) is 13.2 Å². The SMILES string of the molecule is Cc1cc2c(cc1S(=O)(=O)N1c3ccccc3C[C@@H]1C)OCC(=O)N2. The van der Waals surface area contributed by atoms with E-state index in [1.807, 2.05) is 31.2 Å². The molecule has 0 spiro atoms. The normalized spacial score (nSPS) is 19.0. The first-order chi connectivity index (χ1) is 11.9. The fraction of sp³-hybridized carbons (Fsp3) is 0.278. The zero-order chi connectivity index (χ0) is 17.8. The number of sulfonamides is 1. The van der Waals surface area contributed by atoms with Gasteiger partial charge in [0.05, 0.1) is 16.3 Å². The lowest BCUT2D eigenvalue weighted by Gasteiger charge is -2.26. The Kier molecular flexibility index (Phi) is 3.50. The molecule has 25 heavy (non-hydrogen) atoms. The van der Waals surface area contributed by atoms with E-state index in [2.05, 4.69) is 5.32 Å². The van der Waals surface area contributed by atoms with Crippen molar-refractivity contribution in [3.05, 3.63) is 47.5 Å². The van der Waals surface area contributed by atoms with Crippen molar-refractivity contribution < 1.29 is 17.9 Å². The van der Waals surface area contributed by atoms with Crippen molar-refractivity contribution in [3.8, 4) is 5.75 Å². The summed E-state index contributed by atoms with van der Waals surface area (Å²) in [5.74, 6) is 0.133. The van der Waals surface area contributed by atoms with Gasteiger partial charge in [-0.05, 0) is 43.5 Å². The van der Waals surface area contributed by atoms with Gasteiger partial charge in [-0.25, -0.2) is 8.42 Å². The predicted molar refractivity (Wildman–Crippen MR) is 94.6 cm³/mol. The molecule has 130 valence electrons. The first kappa shape index (κ1) is 16.0. The van der Waals surface area contributed by atoms with Crippen LogP contribution in [0, 0.1) is 6.92 Å². The van der Waals surface area contributed by atoms with E-state index in [1.165, 1.54) is 10.4 Å². The van der Waals surface area contributed by atoms with E-state index in [4.69, 9.17) is 4.74 Å². The highest BCUT2D eigenvalue weighted by molar-refractivity contribution is 7.93. The van der Waals surface area contributed by atoms with Crippen molar-refractivity contribution >= 4 is 27.3 Å². The molecule has 1 amide bonds. The molecule has 2 heterocycles. The topological polar surface area (TPSA) is 75.7 Å². The predicted octanol–water partition coefficient (Wildman–Crippen LogP) is 2.47. The average molecular weight is 358 g/mol. The molecule has 2 aromatic carbocycles. The smallest absolute Gasteiger partial charge is 0.264 e. The summed E-state index contributed by atoms with van der Waals surface area (Å²) in [7, 11) is -3.74. The van der Waals surface area contributed by atoms with E-state index in [-0.39, 0.29) is 23.5 Å². The van der Waals surface area contributed by atoms with Gasteiger partial charge in [0.15, 0.2) is 6.61 Å². The number of fused-ring (bicyclic) bond motifs is 2. The zero-order valence-corrected chi connectivity index (χ0v) is 14.8. The third-order valence-electron chi connectivity index (χ3n) is 4.59. The maximum atomic E-state index is 13.4. The lowest BCUT2D eigenvalue weighted by atomic mass is 10.1. The number of carbonyl (C=O) groups excluding carboxylic acids is 1. The molecular weight excluding hydrogens is 340 g/mol. The molecule has 7 heteroatoms. The fourth-order valence-electron chi connectivity index (χ4n) is 3.50. The molecule has 1 atom stereocenters. The van der Waals surface area contributed by atoms with Gasteiger partial charge in [0, 0.05) is 12.1 Å². The number of amides is 1. The van der Waals surface area contributed by atoms with Gasteiger partial charge in [0.1, 0.15) is 5.75 Å². The highest BCUT2D eigenvalue weighted by atomic mass is 32.2. The Balaban J connectivity index is 1.83. The van der Waals surface area contributed by atoms with E-state index in [1.54, 1.807) is 13.0 Å². The lowest BCUT2D eigenvalue weighted by molar-refractivity contribution is -0.118. The Hall–Kier alpha value is -2.54. The molecule has 4 rings (SSSR count). The minimum atomic E-state index is -3.74. The Labute approximate surface area is 146 Å². The van der Waals surface area contributed by atoms with Crippen LogP contribution in [-0.4, -0.2) is 27.0 Å². The first-order valence-electron chi connectivity index (χ1n) is 8.07. The van der Waals surface area contributed by atoms with Crippen molar-refractivity contribution in [2.24, 2.45) is 0 Å². The van der Waals surface area contributed by atoms with Crippen LogP contribution in [0.2, 0.25) is 0 Å². The molecule has 6 nitrogen and oxygen atoms in total. The first-order valence-corrected chi connectivity index (χ1v) is 9.51. The second-order valence-electron chi connectivity index (χ2n) is 6.43. The van der Waals surface area contributed by atoms with Crippen molar-refractivity contribution in [3.63, 3.8) is 0 Å². The van der Waals surface area contributed by atoms with Crippen molar-refractivity contribution in [1.82, 2.24) is 0 Å². The standard InChI is InChI=1S/C18H18N2O4S/c1-11-7-14-16(24-10-18(21)19-14)9-17(11)25(22,23)20-12(2)8-13-5-3-4-6-15(13)20/h3-7,9,12H,8,10H2,1-2H3,(H,19,21)/t12-/m0/s1. The van der Waals surface area contributed by atoms with Gasteiger partial charge in [0.25, 0.3) is 15.9 Å². The quantitative estimate of drug-likeness (QED) is 0.895. The minimum absolute atomic E-state index is 0.113. The molecule has 0 aromatic heterocycles. The van der Waals surface area contributed by atoms with Crippen LogP contribution in [0.15, 0.2) is 41.3 Å². The summed E-state index contributed by atoms with van der Waals surface area (Å²) in [5.41, 5.74) is 2.82. The monoisotopic (exact) mass is 358 g/mol. The fourth-order valence-corrected chi connectivity index (χ4v) is 5.42. The number of hydrogen-bond acceptors (Lipinski definition) is 4. The van der Waals surface area contributed by atoms with Crippen LogP contribution in [0.4, 0.5) is 11.4 Å². The van der Waals surface area contributed by atoms with E-state index >= 15 is 0 Å². The van der Waals surface area contributed by atoms with Crippen LogP contribution in [0.25, 0.3) is 0 Å². The van der Waals surface area contributed by atoms with Gasteiger partial charge in [-0.1, -0.05) is 18.2 Å². The number of aryl methyl sites for hydroxylation is 1. The molecule has 2 aliphatic rings. The van der Waals surface area contributed by atoms with Crippen LogP contribution in [0.5, 0.6) is 5.75 Å². The Morgan fingerprint density at radius 1 is 1.24 bits per heavy atom. The molecule has 0 saturated carbocycles. The molecule has 2 aliphatic heterocycles. The number of nitrogens with zero attached hydrogens (tertiary/aromatic N) is 1. The summed E-state index contributed by atoms with van der Waals surface area (Å²) in [5, 5.41) is 2.70. The number of benzene rings is 2. The maximum absolute atomic E-state index is 13.4. The van der Waals surface area contributed by atoms with Crippen molar-refractivity contribution in [2.75, 3.05) is 16.2 Å². The van der Waals surface area contributed by atoms with Gasteiger partial charge < -0.3 is 10.1 Å². The molecule has 1 N–H and O–H groups in total. The third kappa shape index (κ3) is 2.46. The van der Waals surface area contributed by atoms with Gasteiger partial charge >= 0.3 is 0 Å². The average Bonchev–Trinajstić information content (AvgIpc) is 2.90. The Bertz CT molecular complexity index is 985. The number of ether oxygens (including phenoxy) is 1. The summed E-state index contributed by atoms with van der Waals surface area (Å²) in [4.78, 5) is 11.6. The lowest BCUT2D eigenvalue weighted by Crippen LogP contribution is -2.36. The summed E-state index contributed by atoms with van der Waals surface area (Å²) < 4.78 is 33.6. The number of rotatable bonds is 2. The van der Waals surface area contributed by atoms with Crippen LogP contribution in [-0.2, 0) is 21.2 Å². The van der Waals surface area contributed by atoms with E-state index in [0.29, 0.717) is 23.4 Å². The van der Waals surface area contributed by atoms with E-state index in [0.717, 1.165) is 11.3 Å². The highest BCUT2D eigenvalue weighted by Gasteiger charge is 2.37. The summed E-state index contributed by atoms with van der Waals surface area (Å²) in [6, 6.07) is 10.6. The Morgan fingerprint density at radius 3 is 2.80 bits per heavy atom. The summed E-state index contributed by atoms with van der Waals surface area (Å²) >= 11 is 0. The molecule has 0 bridgehead atoms. The van der Waals surface area contributed by atoms with E-state index < -0.39 is 10.0 Å². The molecule has 0 aliphatic carbocycles. The minimum Gasteiger partial charge on any atom is -0.482 e. The maximum Gasteiger partial charge on any atom is 0.264 e. The van der Waals surface area contributed by atoms with Crippen LogP contribution >= 0.6 is 0 Å². The van der Waals surface area contributed by atoms with Gasteiger partial charge in [-0.3, -0.25) is 9.10 Å². The number of anilines is 2. The van der Waals surface area contributed by atoms with Crippen LogP contribution < -0.4 is 14.4 Å². The molecule has 2 aromatic rings. The molecular formula is C18H18N2O4S. The molecule has 0 radical (unpaired) electrons. The Morgan fingerprint density at radius 2 is 2.00 bits per heavy atom. The molecule has 0 fully saturated rings. The summed E-state index contributed by atoms with van der Waals surface area (Å²) in [6.45, 7) is 3.51. The van der Waals surface area contributed by atoms with Gasteiger partial charge in [-0.2, -0.15) is 0 Å². The van der Waals surface area contributed by atoms with Crippen molar-refractivity contribution in [2.45, 2.75) is 31.2 Å². The second-order valence-corrected chi connectivity index (χ2v) is 8.22. The number of carbonyl (C=O) groups is 1. The number of para-hydroxylation sites is 1. The number of hydrogen-bond donors (Lipinski definition) is 1. The largest absolute Gasteiger partial charge is 0.482 e. The highest BCUT2D eigenvalue weighted by Crippen LogP contribution is 2.39.